The largest absolute Gasteiger partial charge is 0.354 e. The lowest BCUT2D eigenvalue weighted by Gasteiger charge is -2.06. The quantitative estimate of drug-likeness (QED) is 0.924. The Bertz CT molecular complexity index is 546. The van der Waals surface area contributed by atoms with Crippen molar-refractivity contribution in [1.29, 1.82) is 0 Å². The second kappa shape index (κ2) is 5.18. The number of carbonyl (C=O) groups is 1. The highest BCUT2D eigenvalue weighted by Crippen LogP contribution is 2.27. The zero-order chi connectivity index (χ0) is 13.1. The van der Waals surface area contributed by atoms with E-state index in [-0.39, 0.29) is 5.91 Å². The molecule has 0 fully saturated rings. The Labute approximate surface area is 110 Å². The van der Waals surface area contributed by atoms with Crippen LogP contribution in [0.2, 0.25) is 0 Å². The first-order valence-corrected chi connectivity index (χ1v) is 6.45. The maximum atomic E-state index is 10.9. The van der Waals surface area contributed by atoms with Crippen LogP contribution in [0.15, 0.2) is 29.6 Å². The Morgan fingerprint density at radius 3 is 2.44 bits per heavy atom. The first-order chi connectivity index (χ1) is 8.56. The summed E-state index contributed by atoms with van der Waals surface area (Å²) in [6.45, 7) is 1.50. The summed E-state index contributed by atoms with van der Waals surface area (Å²) in [5, 5.41) is 5.75. The number of thiazole rings is 1. The Balaban J connectivity index is 2.20. The molecular formula is C13H15N3OS. The van der Waals surface area contributed by atoms with Gasteiger partial charge < -0.3 is 10.2 Å². The van der Waals surface area contributed by atoms with Crippen LogP contribution in [-0.4, -0.2) is 25.0 Å². The van der Waals surface area contributed by atoms with Gasteiger partial charge in [-0.2, -0.15) is 0 Å². The molecule has 18 heavy (non-hydrogen) atoms. The first-order valence-electron chi connectivity index (χ1n) is 5.57. The molecule has 94 valence electrons. The molecule has 0 saturated heterocycles. The third-order valence-electron chi connectivity index (χ3n) is 2.38. The van der Waals surface area contributed by atoms with Crippen molar-refractivity contribution < 1.29 is 4.79 Å². The molecule has 1 N–H and O–H groups in total. The number of aromatic nitrogens is 1. The van der Waals surface area contributed by atoms with E-state index >= 15 is 0 Å². The predicted molar refractivity (Wildman–Crippen MR) is 76.2 cm³/mol. The van der Waals surface area contributed by atoms with Crippen LogP contribution < -0.4 is 10.2 Å². The summed E-state index contributed by atoms with van der Waals surface area (Å²) in [6, 6.07) is 7.68. The number of hydrogen-bond acceptors (Lipinski definition) is 4. The van der Waals surface area contributed by atoms with Crippen LogP contribution in [0.1, 0.15) is 6.92 Å². The zero-order valence-corrected chi connectivity index (χ0v) is 11.4. The van der Waals surface area contributed by atoms with Crippen molar-refractivity contribution in [3.8, 4) is 11.3 Å². The molecule has 1 heterocycles. The Morgan fingerprint density at radius 1 is 1.28 bits per heavy atom. The molecule has 5 heteroatoms. The van der Waals surface area contributed by atoms with E-state index in [9.17, 15) is 4.79 Å². The van der Waals surface area contributed by atoms with Gasteiger partial charge in [0.2, 0.25) is 5.91 Å². The summed E-state index contributed by atoms with van der Waals surface area (Å²) in [6.07, 6.45) is 0. The third-order valence-corrected chi connectivity index (χ3v) is 3.38. The van der Waals surface area contributed by atoms with Crippen LogP contribution >= 0.6 is 11.3 Å². The highest BCUT2D eigenvalue weighted by Gasteiger charge is 2.05. The van der Waals surface area contributed by atoms with Crippen LogP contribution in [0.25, 0.3) is 11.3 Å². The normalized spacial score (nSPS) is 10.2. The number of hydrogen-bond donors (Lipinski definition) is 1. The van der Waals surface area contributed by atoms with Gasteiger partial charge >= 0.3 is 0 Å². The first kappa shape index (κ1) is 12.6. The summed E-state index contributed by atoms with van der Waals surface area (Å²) in [7, 11) is 3.95. The molecule has 2 aromatic rings. The molecule has 0 bridgehead atoms. The second-order valence-electron chi connectivity index (χ2n) is 4.17. The van der Waals surface area contributed by atoms with Crippen molar-refractivity contribution in [1.82, 2.24) is 4.98 Å². The van der Waals surface area contributed by atoms with Gasteiger partial charge in [0.1, 0.15) is 0 Å². The van der Waals surface area contributed by atoms with Gasteiger partial charge in [-0.1, -0.05) is 12.1 Å². The lowest BCUT2D eigenvalue weighted by Crippen LogP contribution is -2.07. The second-order valence-corrected chi connectivity index (χ2v) is 5.00. The number of carbonyl (C=O) groups excluding carboxylic acids is 1. The SMILES string of the molecule is CC(=O)Nc1ccc(-c2csc(N(C)C)n2)cc1. The van der Waals surface area contributed by atoms with Crippen LogP contribution in [0.5, 0.6) is 0 Å². The number of nitrogens with one attached hydrogen (secondary N) is 1. The van der Waals surface area contributed by atoms with Gasteiger partial charge in [-0.25, -0.2) is 4.98 Å². The molecule has 1 amide bonds. The van der Waals surface area contributed by atoms with E-state index in [1.165, 1.54) is 6.92 Å². The summed E-state index contributed by atoms with van der Waals surface area (Å²) in [4.78, 5) is 17.4. The molecule has 0 aliphatic rings. The molecule has 0 aliphatic carbocycles. The number of nitrogens with zero attached hydrogens (tertiary/aromatic N) is 2. The fourth-order valence-corrected chi connectivity index (χ4v) is 2.30. The minimum atomic E-state index is -0.0636. The van der Waals surface area contributed by atoms with Crippen molar-refractivity contribution in [2.24, 2.45) is 0 Å². The van der Waals surface area contributed by atoms with Gasteiger partial charge in [0, 0.05) is 37.6 Å². The lowest BCUT2D eigenvalue weighted by molar-refractivity contribution is -0.114. The molecular weight excluding hydrogens is 246 g/mol. The van der Waals surface area contributed by atoms with Crippen molar-refractivity contribution in [2.45, 2.75) is 6.92 Å². The third kappa shape index (κ3) is 2.87. The van der Waals surface area contributed by atoms with Gasteiger partial charge in [0.15, 0.2) is 5.13 Å². The minimum absolute atomic E-state index is 0.0636. The van der Waals surface area contributed by atoms with Crippen molar-refractivity contribution in [3.63, 3.8) is 0 Å². The summed E-state index contributed by atoms with van der Waals surface area (Å²) in [5.74, 6) is -0.0636. The molecule has 0 spiro atoms. The summed E-state index contributed by atoms with van der Waals surface area (Å²) in [5.41, 5.74) is 2.81. The minimum Gasteiger partial charge on any atom is -0.354 e. The van der Waals surface area contributed by atoms with Gasteiger partial charge in [-0.15, -0.1) is 11.3 Å². The predicted octanol–water partition coefficient (Wildman–Crippen LogP) is 2.83. The van der Waals surface area contributed by atoms with Gasteiger partial charge in [0.05, 0.1) is 5.69 Å². The fraction of sp³-hybridized carbons (Fsp3) is 0.231. The molecule has 1 aromatic heterocycles. The zero-order valence-electron chi connectivity index (χ0n) is 10.6. The Kier molecular flexibility index (Phi) is 3.62. The topological polar surface area (TPSA) is 45.2 Å². The lowest BCUT2D eigenvalue weighted by atomic mass is 10.1. The smallest absolute Gasteiger partial charge is 0.221 e. The van der Waals surface area contributed by atoms with Gasteiger partial charge in [0.25, 0.3) is 0 Å². The number of benzene rings is 1. The van der Waals surface area contributed by atoms with Crippen molar-refractivity contribution in [2.75, 3.05) is 24.3 Å². The van der Waals surface area contributed by atoms with Crippen LogP contribution in [0.3, 0.4) is 0 Å². The van der Waals surface area contributed by atoms with E-state index in [2.05, 4.69) is 10.3 Å². The number of anilines is 2. The van der Waals surface area contributed by atoms with E-state index in [0.717, 1.165) is 22.1 Å². The summed E-state index contributed by atoms with van der Waals surface area (Å²) >= 11 is 1.61. The highest BCUT2D eigenvalue weighted by molar-refractivity contribution is 7.14. The number of amides is 1. The molecule has 1 aromatic carbocycles. The maximum absolute atomic E-state index is 10.9. The van der Waals surface area contributed by atoms with Gasteiger partial charge in [-0.05, 0) is 12.1 Å². The Hall–Kier alpha value is -1.88. The van der Waals surface area contributed by atoms with Gasteiger partial charge in [-0.3, -0.25) is 4.79 Å². The van der Waals surface area contributed by atoms with Crippen molar-refractivity contribution in [3.05, 3.63) is 29.6 Å². The summed E-state index contributed by atoms with van der Waals surface area (Å²) < 4.78 is 0. The molecule has 0 unspecified atom stereocenters. The average Bonchev–Trinajstić information content (AvgIpc) is 2.78. The standard InChI is InChI=1S/C13H15N3OS/c1-9(17)14-11-6-4-10(5-7-11)12-8-18-13(15-12)16(2)3/h4-8H,1-3H3,(H,14,17). The number of rotatable bonds is 3. The van der Waals surface area contributed by atoms with Crippen molar-refractivity contribution >= 4 is 28.1 Å². The van der Waals surface area contributed by atoms with E-state index in [0.29, 0.717) is 0 Å². The van der Waals surface area contributed by atoms with Crippen LogP contribution in [-0.2, 0) is 4.79 Å². The fourth-order valence-electron chi connectivity index (χ4n) is 1.53. The monoisotopic (exact) mass is 261 g/mol. The van der Waals surface area contributed by atoms with E-state index in [1.807, 2.05) is 48.6 Å². The highest BCUT2D eigenvalue weighted by atomic mass is 32.1. The molecule has 0 saturated carbocycles. The molecule has 0 radical (unpaired) electrons. The molecule has 0 aliphatic heterocycles. The van der Waals surface area contributed by atoms with E-state index in [1.54, 1.807) is 11.3 Å². The van der Waals surface area contributed by atoms with E-state index < -0.39 is 0 Å². The van der Waals surface area contributed by atoms with Crippen LogP contribution in [0, 0.1) is 0 Å². The molecule has 0 atom stereocenters. The average molecular weight is 261 g/mol. The molecule has 2 rings (SSSR count). The van der Waals surface area contributed by atoms with E-state index in [4.69, 9.17) is 0 Å². The van der Waals surface area contributed by atoms with Crippen LogP contribution in [0.4, 0.5) is 10.8 Å². The maximum Gasteiger partial charge on any atom is 0.221 e. The molecule has 4 nitrogen and oxygen atoms in total. The Morgan fingerprint density at radius 2 is 1.94 bits per heavy atom.